The number of ether oxygens (including phenoxy) is 1. The summed E-state index contributed by atoms with van der Waals surface area (Å²) in [5.74, 6) is -1.16. The second kappa shape index (κ2) is 11.6. The zero-order valence-electron chi connectivity index (χ0n) is 21.6. The van der Waals surface area contributed by atoms with E-state index in [0.717, 1.165) is 33.7 Å². The average molecular weight is 533 g/mol. The van der Waals surface area contributed by atoms with Gasteiger partial charge in [0.25, 0.3) is 5.92 Å². The van der Waals surface area contributed by atoms with E-state index >= 15 is 0 Å². The molecule has 0 saturated carbocycles. The lowest BCUT2D eigenvalue weighted by molar-refractivity contribution is -0.130. The minimum atomic E-state index is -2.53. The minimum Gasteiger partial charge on any atom is -0.493 e. The van der Waals surface area contributed by atoms with Gasteiger partial charge in [-0.05, 0) is 23.6 Å². The van der Waals surface area contributed by atoms with Crippen LogP contribution in [0.25, 0.3) is 22.6 Å². The van der Waals surface area contributed by atoms with E-state index in [1.165, 1.54) is 6.33 Å². The van der Waals surface area contributed by atoms with Crippen molar-refractivity contribution in [1.82, 2.24) is 24.3 Å². The van der Waals surface area contributed by atoms with Crippen molar-refractivity contribution in [1.29, 1.82) is 0 Å². The number of alkyl halides is 2. The lowest BCUT2D eigenvalue weighted by Crippen LogP contribution is -2.56. The van der Waals surface area contributed by atoms with Gasteiger partial charge in [0.2, 0.25) is 0 Å². The van der Waals surface area contributed by atoms with E-state index in [0.29, 0.717) is 37.7 Å². The van der Waals surface area contributed by atoms with E-state index in [4.69, 9.17) is 10.5 Å². The Balaban J connectivity index is 1.18. The summed E-state index contributed by atoms with van der Waals surface area (Å²) in [5, 5.41) is 3.35. The molecule has 5 rings (SSSR count). The zero-order chi connectivity index (χ0) is 27.2. The molecule has 11 heteroatoms. The number of anilines is 1. The van der Waals surface area contributed by atoms with Crippen LogP contribution in [0.2, 0.25) is 0 Å². The highest BCUT2D eigenvalue weighted by molar-refractivity contribution is 6.09. The highest BCUT2D eigenvalue weighted by Gasteiger charge is 2.43. The molecular weight excluding hydrogens is 502 g/mol. The van der Waals surface area contributed by atoms with E-state index in [-0.39, 0.29) is 13.1 Å². The number of benzene rings is 1. The second-order valence-electron chi connectivity index (χ2n) is 9.35. The van der Waals surface area contributed by atoms with Gasteiger partial charge in [-0.2, -0.15) is 0 Å². The van der Waals surface area contributed by atoms with Gasteiger partial charge in [-0.25, -0.2) is 23.7 Å². The van der Waals surface area contributed by atoms with Gasteiger partial charge < -0.3 is 15.8 Å². The van der Waals surface area contributed by atoms with Crippen molar-refractivity contribution in [2.24, 2.45) is 10.7 Å². The molecule has 1 saturated heterocycles. The molecular formula is C28H30F2N8O. The molecule has 202 valence electrons. The maximum atomic E-state index is 12.9. The monoisotopic (exact) mass is 532 g/mol. The topological polar surface area (TPSA) is 106 Å². The van der Waals surface area contributed by atoms with Crippen molar-refractivity contribution < 1.29 is 13.5 Å². The highest BCUT2D eigenvalue weighted by Crippen LogP contribution is 2.27. The lowest BCUT2D eigenvalue weighted by Gasteiger charge is -2.38. The lowest BCUT2D eigenvalue weighted by atomic mass is 10.1. The zero-order valence-corrected chi connectivity index (χ0v) is 21.6. The molecule has 0 unspecified atom stereocenters. The fraction of sp³-hybridized carbons (Fsp3) is 0.286. The molecule has 1 aliphatic rings. The van der Waals surface area contributed by atoms with Crippen LogP contribution in [0, 0.1) is 0 Å². The molecule has 3 N–H and O–H groups in total. The third kappa shape index (κ3) is 6.37. The Kier molecular flexibility index (Phi) is 7.78. The minimum absolute atomic E-state index is 0.160. The molecule has 0 bridgehead atoms. The Labute approximate surface area is 225 Å². The van der Waals surface area contributed by atoms with Crippen LogP contribution in [0.4, 0.5) is 14.6 Å². The number of allylic oxidation sites excluding steroid dienone is 1. The maximum absolute atomic E-state index is 12.9. The average Bonchev–Trinajstić information content (AvgIpc) is 3.36. The highest BCUT2D eigenvalue weighted by atomic mass is 19.3. The SMILES string of the molecule is CN=CC(=CN)c1ccc(CNc2cc(-c3cnc4cc(OCCCN5CC(F)(F)C5)ccn34)ncn2)cc1. The van der Waals surface area contributed by atoms with Crippen molar-refractivity contribution in [3.05, 3.63) is 78.5 Å². The third-order valence-corrected chi connectivity index (χ3v) is 6.42. The summed E-state index contributed by atoms with van der Waals surface area (Å²) in [6.45, 7) is 1.32. The van der Waals surface area contributed by atoms with Crippen molar-refractivity contribution in [3.8, 4) is 17.1 Å². The summed E-state index contributed by atoms with van der Waals surface area (Å²) in [6.07, 6.45) is 9.12. The number of aliphatic imine (C=N–C) groups is 1. The summed E-state index contributed by atoms with van der Waals surface area (Å²) >= 11 is 0. The molecule has 0 spiro atoms. The van der Waals surface area contributed by atoms with Gasteiger partial charge in [0.1, 0.15) is 23.5 Å². The molecule has 1 fully saturated rings. The number of hydrogen-bond acceptors (Lipinski definition) is 8. The first-order valence-electron chi connectivity index (χ1n) is 12.6. The number of nitrogens with one attached hydrogen (secondary N) is 1. The standard InChI is InChI=1S/C28H30F2N8O/c1-32-15-22(13-31)21-5-3-20(4-6-21)14-33-26-12-24(35-19-36-26)25-16-34-27-11-23(7-9-38(25)27)39-10-2-8-37-17-28(29,30)18-37/h3-7,9,11-13,15-16,19H,2,8,10,14,17-18,31H2,1H3,(H,33,35,36). The number of rotatable bonds is 11. The fourth-order valence-corrected chi connectivity index (χ4v) is 4.44. The smallest absolute Gasteiger partial charge is 0.272 e. The van der Waals surface area contributed by atoms with Crippen molar-refractivity contribution in [2.45, 2.75) is 18.9 Å². The predicted octanol–water partition coefficient (Wildman–Crippen LogP) is 4.12. The molecule has 4 heterocycles. The summed E-state index contributed by atoms with van der Waals surface area (Å²) < 4.78 is 33.6. The number of likely N-dealkylation sites (tertiary alicyclic amines) is 1. The molecule has 4 aromatic rings. The normalized spacial score (nSPS) is 15.5. The summed E-state index contributed by atoms with van der Waals surface area (Å²) in [7, 11) is 1.71. The Hall–Kier alpha value is -4.38. The van der Waals surface area contributed by atoms with E-state index < -0.39 is 5.92 Å². The van der Waals surface area contributed by atoms with E-state index in [9.17, 15) is 8.78 Å². The predicted molar refractivity (Wildman–Crippen MR) is 148 cm³/mol. The van der Waals surface area contributed by atoms with Crippen LogP contribution in [0.1, 0.15) is 17.5 Å². The largest absolute Gasteiger partial charge is 0.493 e. The van der Waals surface area contributed by atoms with Gasteiger partial charge >= 0.3 is 0 Å². The number of imidazole rings is 1. The van der Waals surface area contributed by atoms with Gasteiger partial charge in [-0.3, -0.25) is 14.3 Å². The van der Waals surface area contributed by atoms with Crippen LogP contribution in [-0.2, 0) is 6.54 Å². The fourth-order valence-electron chi connectivity index (χ4n) is 4.44. The van der Waals surface area contributed by atoms with Crippen LogP contribution in [0.3, 0.4) is 0 Å². The second-order valence-corrected chi connectivity index (χ2v) is 9.35. The number of halogens is 2. The maximum Gasteiger partial charge on any atom is 0.272 e. The summed E-state index contributed by atoms with van der Waals surface area (Å²) in [5.41, 5.74) is 10.9. The van der Waals surface area contributed by atoms with Crippen LogP contribution in [0.15, 0.2) is 72.4 Å². The van der Waals surface area contributed by atoms with Gasteiger partial charge in [0.15, 0.2) is 0 Å². The molecule has 0 aliphatic carbocycles. The van der Waals surface area contributed by atoms with Crippen LogP contribution in [0.5, 0.6) is 5.75 Å². The van der Waals surface area contributed by atoms with Crippen molar-refractivity contribution >= 4 is 23.3 Å². The van der Waals surface area contributed by atoms with Crippen LogP contribution < -0.4 is 15.8 Å². The Morgan fingerprint density at radius 1 is 1.15 bits per heavy atom. The summed E-state index contributed by atoms with van der Waals surface area (Å²) in [6, 6.07) is 13.7. The Bertz CT molecular complexity index is 1470. The van der Waals surface area contributed by atoms with Crippen molar-refractivity contribution in [3.63, 3.8) is 0 Å². The molecule has 1 aliphatic heterocycles. The van der Waals surface area contributed by atoms with Crippen LogP contribution in [-0.4, -0.2) is 69.7 Å². The molecule has 9 nitrogen and oxygen atoms in total. The first-order valence-corrected chi connectivity index (χ1v) is 12.6. The van der Waals surface area contributed by atoms with Gasteiger partial charge in [0.05, 0.1) is 37.3 Å². The number of fused-ring (bicyclic) bond motifs is 1. The van der Waals surface area contributed by atoms with Crippen LogP contribution >= 0.6 is 0 Å². The van der Waals surface area contributed by atoms with E-state index in [2.05, 4.69) is 25.3 Å². The van der Waals surface area contributed by atoms with Gasteiger partial charge in [-0.1, -0.05) is 24.3 Å². The number of nitrogens with zero attached hydrogens (tertiary/aromatic N) is 6. The first-order chi connectivity index (χ1) is 18.9. The summed E-state index contributed by atoms with van der Waals surface area (Å²) in [4.78, 5) is 19.1. The number of nitrogens with two attached hydrogens (primary N) is 1. The molecule has 0 radical (unpaired) electrons. The van der Waals surface area contributed by atoms with Gasteiger partial charge in [-0.15, -0.1) is 0 Å². The molecule has 3 aromatic heterocycles. The molecule has 1 aromatic carbocycles. The number of pyridine rings is 1. The molecule has 39 heavy (non-hydrogen) atoms. The Morgan fingerprint density at radius 3 is 2.72 bits per heavy atom. The quantitative estimate of drug-likeness (QED) is 0.221. The van der Waals surface area contributed by atoms with Crippen molar-refractivity contribution in [2.75, 3.05) is 38.6 Å². The van der Waals surface area contributed by atoms with E-state index in [1.54, 1.807) is 30.6 Å². The molecule has 0 atom stereocenters. The van der Waals surface area contributed by atoms with E-state index in [1.807, 2.05) is 53.1 Å². The Morgan fingerprint density at radius 2 is 1.97 bits per heavy atom. The molecule has 0 amide bonds. The third-order valence-electron chi connectivity index (χ3n) is 6.42. The number of aromatic nitrogens is 4. The number of hydrogen-bond donors (Lipinski definition) is 2. The first kappa shape index (κ1) is 26.2. The van der Waals surface area contributed by atoms with Gasteiger partial charge in [0, 0.05) is 56.5 Å².